The van der Waals surface area contributed by atoms with E-state index >= 15 is 0 Å². The number of carbonyl (C=O) groups is 1. The quantitative estimate of drug-likeness (QED) is 0.892. The molecule has 2 heterocycles. The lowest BCUT2D eigenvalue weighted by molar-refractivity contribution is 0.0936. The van der Waals surface area contributed by atoms with Gasteiger partial charge < -0.3 is 10.2 Å². The maximum absolute atomic E-state index is 12.5. The summed E-state index contributed by atoms with van der Waals surface area (Å²) in [7, 11) is 0. The lowest BCUT2D eigenvalue weighted by Crippen LogP contribution is -2.41. The van der Waals surface area contributed by atoms with Crippen molar-refractivity contribution in [1.29, 1.82) is 0 Å². The molecular weight excluding hydrogens is 328 g/mol. The standard InChI is InChI=1S/C20H26N4O2/c1-15-7-6-11-23(14-15)12-10-21-20(26)19-18(25)13-16(2)24(22-19)17-8-4-3-5-9-17/h3-5,8-9,13,15H,6-7,10-12,14H2,1-2H3,(H,21,26). The molecule has 1 aliphatic rings. The molecule has 1 amide bonds. The number of rotatable bonds is 5. The normalized spacial score (nSPS) is 17.8. The molecule has 6 nitrogen and oxygen atoms in total. The van der Waals surface area contributed by atoms with Gasteiger partial charge in [0.1, 0.15) is 0 Å². The number of hydrogen-bond acceptors (Lipinski definition) is 4. The number of nitrogens with zero attached hydrogens (tertiary/aromatic N) is 3. The summed E-state index contributed by atoms with van der Waals surface area (Å²) < 4.78 is 1.63. The summed E-state index contributed by atoms with van der Waals surface area (Å²) in [6, 6.07) is 11.0. The first-order valence-electron chi connectivity index (χ1n) is 9.21. The van der Waals surface area contributed by atoms with Gasteiger partial charge in [-0.3, -0.25) is 9.59 Å². The number of aromatic nitrogens is 2. The molecule has 1 fully saturated rings. The summed E-state index contributed by atoms with van der Waals surface area (Å²) in [6.07, 6.45) is 2.48. The van der Waals surface area contributed by atoms with E-state index in [2.05, 4.69) is 22.2 Å². The number of hydrogen-bond donors (Lipinski definition) is 1. The van der Waals surface area contributed by atoms with Crippen LogP contribution < -0.4 is 10.7 Å². The van der Waals surface area contributed by atoms with Gasteiger partial charge in [-0.15, -0.1) is 0 Å². The SMILES string of the molecule is Cc1cc(=O)c(C(=O)NCCN2CCCC(C)C2)nn1-c1ccccc1. The van der Waals surface area contributed by atoms with Crippen molar-refractivity contribution in [2.24, 2.45) is 5.92 Å². The van der Waals surface area contributed by atoms with Crippen LogP contribution in [-0.4, -0.2) is 46.8 Å². The highest BCUT2D eigenvalue weighted by Gasteiger charge is 2.18. The fourth-order valence-electron chi connectivity index (χ4n) is 3.44. The molecule has 138 valence electrons. The van der Waals surface area contributed by atoms with Crippen molar-refractivity contribution in [3.63, 3.8) is 0 Å². The number of piperidine rings is 1. The smallest absolute Gasteiger partial charge is 0.275 e. The molecule has 2 aromatic rings. The van der Waals surface area contributed by atoms with Gasteiger partial charge in [-0.1, -0.05) is 25.1 Å². The first-order chi connectivity index (χ1) is 12.5. The fraction of sp³-hybridized carbons (Fsp3) is 0.450. The predicted octanol–water partition coefficient (Wildman–Crippen LogP) is 2.00. The zero-order valence-electron chi connectivity index (χ0n) is 15.4. The summed E-state index contributed by atoms with van der Waals surface area (Å²) in [6.45, 7) is 7.53. The van der Waals surface area contributed by atoms with Gasteiger partial charge in [0.05, 0.1) is 5.69 Å². The first-order valence-corrected chi connectivity index (χ1v) is 9.21. The maximum atomic E-state index is 12.5. The third kappa shape index (κ3) is 4.38. The molecule has 1 aliphatic heterocycles. The van der Waals surface area contributed by atoms with E-state index < -0.39 is 5.91 Å². The van der Waals surface area contributed by atoms with E-state index in [-0.39, 0.29) is 11.1 Å². The molecule has 1 aromatic carbocycles. The Morgan fingerprint density at radius 1 is 1.31 bits per heavy atom. The van der Waals surface area contributed by atoms with Crippen LogP contribution in [0.2, 0.25) is 0 Å². The minimum Gasteiger partial charge on any atom is -0.349 e. The molecule has 26 heavy (non-hydrogen) atoms. The molecule has 0 saturated carbocycles. The van der Waals surface area contributed by atoms with Gasteiger partial charge in [0, 0.05) is 31.4 Å². The molecule has 1 N–H and O–H groups in total. The Kier molecular flexibility index (Phi) is 5.83. The summed E-state index contributed by atoms with van der Waals surface area (Å²) in [4.78, 5) is 27.0. The maximum Gasteiger partial charge on any atom is 0.275 e. The second kappa shape index (κ2) is 8.27. The Labute approximate surface area is 153 Å². The topological polar surface area (TPSA) is 67.2 Å². The highest BCUT2D eigenvalue weighted by Crippen LogP contribution is 2.14. The van der Waals surface area contributed by atoms with Crippen LogP contribution >= 0.6 is 0 Å². The molecule has 0 radical (unpaired) electrons. The van der Waals surface area contributed by atoms with E-state index in [1.54, 1.807) is 11.6 Å². The third-order valence-corrected chi connectivity index (χ3v) is 4.78. The Balaban J connectivity index is 1.68. The molecule has 6 heteroatoms. The van der Waals surface area contributed by atoms with Crippen molar-refractivity contribution in [1.82, 2.24) is 20.0 Å². The first kappa shape index (κ1) is 18.3. The van der Waals surface area contributed by atoms with E-state index in [9.17, 15) is 9.59 Å². The van der Waals surface area contributed by atoms with Crippen LogP contribution in [0.25, 0.3) is 5.69 Å². The second-order valence-electron chi connectivity index (χ2n) is 7.05. The number of likely N-dealkylation sites (tertiary alicyclic amines) is 1. The van der Waals surface area contributed by atoms with E-state index in [1.807, 2.05) is 30.3 Å². The number of nitrogens with one attached hydrogen (secondary N) is 1. The Morgan fingerprint density at radius 3 is 2.81 bits per heavy atom. The van der Waals surface area contributed by atoms with E-state index in [4.69, 9.17) is 0 Å². The van der Waals surface area contributed by atoms with Crippen LogP contribution in [0.4, 0.5) is 0 Å². The molecule has 1 unspecified atom stereocenters. The van der Waals surface area contributed by atoms with Gasteiger partial charge in [0.25, 0.3) is 5.91 Å². The average Bonchev–Trinajstić information content (AvgIpc) is 2.62. The summed E-state index contributed by atoms with van der Waals surface area (Å²) in [5.74, 6) is 0.293. The number of amides is 1. The van der Waals surface area contributed by atoms with Crippen LogP contribution in [0.15, 0.2) is 41.2 Å². The summed E-state index contributed by atoms with van der Waals surface area (Å²) in [5, 5.41) is 7.14. The number of aryl methyl sites for hydroxylation is 1. The molecule has 0 aliphatic carbocycles. The van der Waals surface area contributed by atoms with Crippen LogP contribution in [-0.2, 0) is 0 Å². The minimum atomic E-state index is -0.412. The van der Waals surface area contributed by atoms with Crippen molar-refractivity contribution in [2.75, 3.05) is 26.2 Å². The van der Waals surface area contributed by atoms with Gasteiger partial charge in [-0.25, -0.2) is 4.68 Å². The van der Waals surface area contributed by atoms with Crippen molar-refractivity contribution in [3.05, 3.63) is 58.0 Å². The van der Waals surface area contributed by atoms with Gasteiger partial charge in [0.15, 0.2) is 5.69 Å². The van der Waals surface area contributed by atoms with Gasteiger partial charge in [-0.05, 0) is 44.4 Å². The summed E-state index contributed by atoms with van der Waals surface area (Å²) in [5.41, 5.74) is 1.10. The molecule has 3 rings (SSSR count). The van der Waals surface area contributed by atoms with E-state index in [1.165, 1.54) is 18.9 Å². The Hall–Kier alpha value is -2.47. The van der Waals surface area contributed by atoms with E-state index in [0.717, 1.165) is 25.3 Å². The molecule has 0 spiro atoms. The summed E-state index contributed by atoms with van der Waals surface area (Å²) >= 11 is 0. The Bertz CT molecular complexity index is 816. The molecule has 0 bridgehead atoms. The second-order valence-corrected chi connectivity index (χ2v) is 7.05. The highest BCUT2D eigenvalue weighted by atomic mass is 16.2. The number of para-hydroxylation sites is 1. The molecule has 1 aromatic heterocycles. The molecule has 1 saturated heterocycles. The monoisotopic (exact) mass is 354 g/mol. The van der Waals surface area contributed by atoms with Crippen LogP contribution in [0.1, 0.15) is 35.9 Å². The lowest BCUT2D eigenvalue weighted by Gasteiger charge is -2.30. The fourth-order valence-corrected chi connectivity index (χ4v) is 3.44. The Morgan fingerprint density at radius 2 is 2.08 bits per heavy atom. The largest absolute Gasteiger partial charge is 0.349 e. The zero-order chi connectivity index (χ0) is 18.5. The van der Waals surface area contributed by atoms with Gasteiger partial charge in [0.2, 0.25) is 5.43 Å². The predicted molar refractivity (Wildman–Crippen MR) is 102 cm³/mol. The zero-order valence-corrected chi connectivity index (χ0v) is 15.4. The van der Waals surface area contributed by atoms with Crippen molar-refractivity contribution in [3.8, 4) is 5.69 Å². The van der Waals surface area contributed by atoms with Crippen molar-refractivity contribution >= 4 is 5.91 Å². The average molecular weight is 354 g/mol. The molecule has 1 atom stereocenters. The van der Waals surface area contributed by atoms with Crippen LogP contribution in [0.3, 0.4) is 0 Å². The van der Waals surface area contributed by atoms with Gasteiger partial charge >= 0.3 is 0 Å². The van der Waals surface area contributed by atoms with E-state index in [0.29, 0.717) is 18.2 Å². The number of benzene rings is 1. The number of carbonyl (C=O) groups excluding carboxylic acids is 1. The minimum absolute atomic E-state index is 0.0635. The van der Waals surface area contributed by atoms with Crippen molar-refractivity contribution < 1.29 is 4.79 Å². The third-order valence-electron chi connectivity index (χ3n) is 4.78. The lowest BCUT2D eigenvalue weighted by atomic mass is 10.0. The molecular formula is C20H26N4O2. The van der Waals surface area contributed by atoms with Gasteiger partial charge in [-0.2, -0.15) is 5.10 Å². The highest BCUT2D eigenvalue weighted by molar-refractivity contribution is 5.92. The van der Waals surface area contributed by atoms with Crippen molar-refractivity contribution in [2.45, 2.75) is 26.7 Å². The van der Waals surface area contributed by atoms with Crippen LogP contribution in [0, 0.1) is 12.8 Å². The van der Waals surface area contributed by atoms with Crippen LogP contribution in [0.5, 0.6) is 0 Å².